The van der Waals surface area contributed by atoms with Gasteiger partial charge in [0.15, 0.2) is 6.73 Å². The minimum Gasteiger partial charge on any atom is -0.444 e. The van der Waals surface area contributed by atoms with Gasteiger partial charge in [0.2, 0.25) is 65.0 Å². The van der Waals surface area contributed by atoms with Crippen molar-refractivity contribution in [3.63, 3.8) is 0 Å². The zero-order valence-corrected chi connectivity index (χ0v) is 59.6. The number of hydrogen-bond donors (Lipinski definition) is 19. The molecule has 1 fully saturated rings. The van der Waals surface area contributed by atoms with Gasteiger partial charge in [-0.2, -0.15) is 0 Å². The van der Waals surface area contributed by atoms with Crippen molar-refractivity contribution >= 4 is 94.2 Å². The van der Waals surface area contributed by atoms with Gasteiger partial charge in [0.05, 0.1) is 29.4 Å². The minimum atomic E-state index is -1.85. The number of amides is 12. The molecule has 2 aliphatic rings. The lowest BCUT2D eigenvalue weighted by Crippen LogP contribution is -2.62. The van der Waals surface area contributed by atoms with Crippen LogP contribution in [0, 0.1) is 31.6 Å². The molecule has 34 heteroatoms. The molecular weight excluding hydrogens is 1340 g/mol. The lowest BCUT2D eigenvalue weighted by atomic mass is 9.94. The van der Waals surface area contributed by atoms with Crippen molar-refractivity contribution in [2.75, 3.05) is 50.9 Å². The quantitative estimate of drug-likeness (QED) is 0.0230. The molecule has 1 saturated heterocycles. The maximum atomic E-state index is 14.7. The Hall–Kier alpha value is -9.71. The van der Waals surface area contributed by atoms with E-state index in [1.54, 1.807) is 74.5 Å². The van der Waals surface area contributed by atoms with E-state index < -0.39 is 181 Å². The van der Waals surface area contributed by atoms with E-state index in [1.165, 1.54) is 25.7 Å². The molecule has 0 saturated carbocycles. The standard InChI is InChI=1S/C69H104N18O16/c1-35(2)30-52-64(97)80-45(18-24-70)58(91)79-49(22-28-74)63(96)85-55(40(7)88)66(99)75-29-23-50(61(94)78-46(19-25-71)60(93)84-53(65(98)83-52)32-42-14-10-9-11-15-42)81-59(92)47(20-26-72)82-67(100)56(41(8)89)86-62(95)48(21-27-73)77-57(90)38(5)39(6)69(102)103-34-87-54-17-13-12-16-43(54)44(68(87)101)33-51-36(3)31-37(4)76-51/h9-17,31,33,35,38-41,45-50,52-53,55-56,76,88-89H,18-30,32,34,70-74H2,1-8H3,(H,75,99)(H,77,90)(H,78,94)(H,79,91)(H,80,97)(H,81,92)(H,82,100)(H,83,98)(H,84,93)(H,85,96)(H,86,95)/b44-33-/t38?,39?,40-,41-,45+,46+,47+,48+,49+,50+,52+,53-,55+,56+/m1/s1. The molecule has 24 N–H and O–H groups in total. The zero-order valence-electron chi connectivity index (χ0n) is 59.6. The normalized spacial score (nSPS) is 22.2. The van der Waals surface area contributed by atoms with Crippen LogP contribution in [0.1, 0.15) is 115 Å². The van der Waals surface area contributed by atoms with Crippen LogP contribution in [0.5, 0.6) is 0 Å². The number of nitrogens with two attached hydrogens (primary N) is 5. The third-order valence-corrected chi connectivity index (χ3v) is 17.5. The summed E-state index contributed by atoms with van der Waals surface area (Å²) in [4.78, 5) is 188. The summed E-state index contributed by atoms with van der Waals surface area (Å²) in [6.07, 6.45) is -3.41. The predicted molar refractivity (Wildman–Crippen MR) is 380 cm³/mol. The van der Waals surface area contributed by atoms with Crippen LogP contribution in [0.25, 0.3) is 11.6 Å². The van der Waals surface area contributed by atoms with Crippen LogP contribution in [0.4, 0.5) is 5.69 Å². The van der Waals surface area contributed by atoms with E-state index in [4.69, 9.17) is 33.4 Å². The summed E-state index contributed by atoms with van der Waals surface area (Å²) in [6, 6.07) is 1.80. The summed E-state index contributed by atoms with van der Waals surface area (Å²) in [5.74, 6) is -14.5. The molecule has 0 spiro atoms. The van der Waals surface area contributed by atoms with Gasteiger partial charge in [-0.15, -0.1) is 0 Å². The van der Waals surface area contributed by atoms with Crippen LogP contribution in [0.15, 0.2) is 60.7 Å². The van der Waals surface area contributed by atoms with Crippen molar-refractivity contribution < 1.29 is 77.3 Å². The summed E-state index contributed by atoms with van der Waals surface area (Å²) >= 11 is 0. The highest BCUT2D eigenvalue weighted by atomic mass is 16.5. The van der Waals surface area contributed by atoms with Crippen molar-refractivity contribution in [3.8, 4) is 0 Å². The number of H-pyrrole nitrogens is 1. The maximum Gasteiger partial charge on any atom is 0.311 e. The van der Waals surface area contributed by atoms with E-state index in [0.29, 0.717) is 22.4 Å². The highest BCUT2D eigenvalue weighted by Crippen LogP contribution is 2.38. The number of esters is 1. The molecule has 2 unspecified atom stereocenters. The second-order valence-electron chi connectivity index (χ2n) is 26.3. The molecule has 5 rings (SSSR count). The maximum absolute atomic E-state index is 14.7. The fourth-order valence-electron chi connectivity index (χ4n) is 11.5. The zero-order chi connectivity index (χ0) is 76.4. The second-order valence-corrected chi connectivity index (χ2v) is 26.3. The van der Waals surface area contributed by atoms with Crippen molar-refractivity contribution in [1.82, 2.24) is 63.5 Å². The number of anilines is 1. The first-order chi connectivity index (χ1) is 48.9. The molecule has 0 aliphatic carbocycles. The van der Waals surface area contributed by atoms with Crippen molar-refractivity contribution in [2.24, 2.45) is 46.4 Å². The second kappa shape index (κ2) is 40.8. The number of aromatic nitrogens is 1. The van der Waals surface area contributed by atoms with Gasteiger partial charge in [-0.25, -0.2) is 0 Å². The van der Waals surface area contributed by atoms with Crippen LogP contribution in [0.2, 0.25) is 0 Å². The average molecular weight is 1440 g/mol. The molecule has 34 nitrogen and oxygen atoms in total. The molecule has 2 aliphatic heterocycles. The Morgan fingerprint density at radius 1 is 0.592 bits per heavy atom. The van der Waals surface area contributed by atoms with Crippen molar-refractivity contribution in [3.05, 3.63) is 88.7 Å². The Labute approximate surface area is 598 Å². The molecule has 0 radical (unpaired) electrons. The SMILES string of the molecule is Cc1cc(C)c(/C=C2\C(=O)N(COC(=O)C(C)C(C)C(=O)N[C@@H](CCN)C(=O)N[C@H](C(=O)N[C@@H](CCN)C(=O)N[C@H]3CCNC(=O)[C@H]([C@@H](C)O)NC(=O)[C@H](CCN)NC(=O)[C@H](CCN)NC(=O)[C@H](CC(C)C)NC(=O)[C@@H](Cc4ccccc4)NC(=O)[C@H](CCN)NC3=O)[C@@H](C)O)c3ccccc32)[nH]1. The number of fused-ring (bicyclic) bond motifs is 1. The number of benzene rings is 2. The van der Waals surface area contributed by atoms with Crippen LogP contribution < -0.4 is 92.1 Å². The van der Waals surface area contributed by atoms with E-state index >= 15 is 0 Å². The van der Waals surface area contributed by atoms with E-state index in [1.807, 2.05) is 19.9 Å². The Bertz CT molecular complexity index is 3490. The number of para-hydroxylation sites is 1. The first-order valence-electron chi connectivity index (χ1n) is 34.6. The van der Waals surface area contributed by atoms with E-state index in [-0.39, 0.29) is 83.6 Å². The van der Waals surface area contributed by atoms with Gasteiger partial charge in [-0.3, -0.25) is 67.2 Å². The van der Waals surface area contributed by atoms with Crippen molar-refractivity contribution in [1.29, 1.82) is 0 Å². The van der Waals surface area contributed by atoms with Crippen molar-refractivity contribution in [2.45, 2.75) is 179 Å². The molecule has 103 heavy (non-hydrogen) atoms. The van der Waals surface area contributed by atoms with Crippen LogP contribution in [0.3, 0.4) is 0 Å². The molecule has 0 bridgehead atoms. The number of aromatic amines is 1. The number of carbonyl (C=O) groups is 13. The lowest BCUT2D eigenvalue weighted by Gasteiger charge is -2.29. The lowest BCUT2D eigenvalue weighted by molar-refractivity contribution is -0.152. The molecule has 14 atom stereocenters. The summed E-state index contributed by atoms with van der Waals surface area (Å²) in [5.41, 5.74) is 34.2. The summed E-state index contributed by atoms with van der Waals surface area (Å²) in [6.45, 7) is 10.5. The summed E-state index contributed by atoms with van der Waals surface area (Å²) in [7, 11) is 0. The highest BCUT2D eigenvalue weighted by Gasteiger charge is 2.40. The largest absolute Gasteiger partial charge is 0.444 e. The molecule has 3 aromatic rings. The third-order valence-electron chi connectivity index (χ3n) is 17.5. The number of hydrogen-bond acceptors (Lipinski definition) is 21. The number of ether oxygens (including phenoxy) is 1. The monoisotopic (exact) mass is 1440 g/mol. The topological polar surface area (TPSA) is 553 Å². The molecular formula is C69H104N18O16. The first kappa shape index (κ1) is 83.9. The number of rotatable bonds is 29. The summed E-state index contributed by atoms with van der Waals surface area (Å²) < 4.78 is 5.62. The van der Waals surface area contributed by atoms with Gasteiger partial charge in [0, 0.05) is 35.8 Å². The average Bonchev–Trinajstić information content (AvgIpc) is 1.62. The number of carbonyl (C=O) groups excluding carboxylic acids is 13. The highest BCUT2D eigenvalue weighted by molar-refractivity contribution is 6.35. The summed E-state index contributed by atoms with van der Waals surface area (Å²) in [5, 5.41) is 49.7. The van der Waals surface area contributed by atoms with Gasteiger partial charge in [0.1, 0.15) is 60.4 Å². The van der Waals surface area contributed by atoms with Gasteiger partial charge in [-0.05, 0) is 141 Å². The van der Waals surface area contributed by atoms with Crippen LogP contribution in [-0.2, 0) is 73.5 Å². The molecule has 1 aromatic heterocycles. The van der Waals surface area contributed by atoms with Crippen LogP contribution >= 0.6 is 0 Å². The number of nitrogens with one attached hydrogen (secondary N) is 12. The minimum absolute atomic E-state index is 0.0210. The smallest absolute Gasteiger partial charge is 0.311 e. The van der Waals surface area contributed by atoms with Gasteiger partial charge in [0.25, 0.3) is 5.91 Å². The van der Waals surface area contributed by atoms with Gasteiger partial charge in [-0.1, -0.05) is 76.2 Å². The number of aliphatic hydroxyl groups excluding tert-OH is 2. The van der Waals surface area contributed by atoms with E-state index in [9.17, 15) is 72.5 Å². The Morgan fingerprint density at radius 2 is 1.11 bits per heavy atom. The van der Waals surface area contributed by atoms with Crippen LogP contribution in [-0.4, -0.2) is 211 Å². The van der Waals surface area contributed by atoms with E-state index in [2.05, 4.69) is 63.5 Å². The first-order valence-corrected chi connectivity index (χ1v) is 34.6. The third kappa shape index (κ3) is 24.5. The number of aryl methyl sites for hydroxylation is 2. The van der Waals surface area contributed by atoms with E-state index in [0.717, 1.165) is 23.9 Å². The Balaban J connectivity index is 1.38. The molecule has 566 valence electrons. The Kier molecular flexibility index (Phi) is 33.3. The molecule has 3 heterocycles. The number of aliphatic hydroxyl groups is 2. The molecule has 2 aromatic carbocycles. The fraction of sp³-hybridized carbons (Fsp3) is 0.551. The predicted octanol–water partition coefficient (Wildman–Crippen LogP) is -4.55. The Morgan fingerprint density at radius 3 is 1.65 bits per heavy atom. The number of nitrogens with zero attached hydrogens (tertiary/aromatic N) is 1. The van der Waals surface area contributed by atoms with Gasteiger partial charge >= 0.3 is 5.97 Å². The fourth-order valence-corrected chi connectivity index (χ4v) is 11.5. The van der Waals surface area contributed by atoms with Gasteiger partial charge < -0.3 is 107 Å². The molecule has 12 amide bonds.